The molecule has 3 rings (SSSR count). The highest BCUT2D eigenvalue weighted by atomic mass is 35.5. The van der Waals surface area contributed by atoms with Gasteiger partial charge >= 0.3 is 0 Å². The molecule has 1 aromatic heterocycles. The first kappa shape index (κ1) is 18.9. The fourth-order valence-electron chi connectivity index (χ4n) is 2.63. The van der Waals surface area contributed by atoms with Gasteiger partial charge in [0, 0.05) is 10.7 Å². The van der Waals surface area contributed by atoms with Gasteiger partial charge in [-0.2, -0.15) is 0 Å². The maximum absolute atomic E-state index is 12.2. The van der Waals surface area contributed by atoms with Crippen molar-refractivity contribution in [1.82, 2.24) is 14.8 Å². The van der Waals surface area contributed by atoms with Crippen LogP contribution in [-0.4, -0.2) is 27.3 Å². The molecule has 0 fully saturated rings. The van der Waals surface area contributed by atoms with E-state index in [0.29, 0.717) is 22.4 Å². The van der Waals surface area contributed by atoms with Gasteiger partial charge in [-0.05, 0) is 48.2 Å². The van der Waals surface area contributed by atoms with Crippen LogP contribution in [0.2, 0.25) is 5.02 Å². The number of nitrogens with zero attached hydrogens (tertiary/aromatic N) is 3. The number of anilines is 1. The molecular weight excluding hydrogens is 364 g/mol. The second-order valence-corrected chi connectivity index (χ2v) is 6.69. The van der Waals surface area contributed by atoms with Crippen LogP contribution in [0, 0.1) is 0 Å². The van der Waals surface area contributed by atoms with E-state index in [-0.39, 0.29) is 12.5 Å². The molecule has 2 aromatic carbocycles. The minimum atomic E-state index is -0.266. The molecule has 7 heteroatoms. The van der Waals surface area contributed by atoms with Crippen molar-refractivity contribution in [2.45, 2.75) is 26.2 Å². The van der Waals surface area contributed by atoms with Gasteiger partial charge in [0.2, 0.25) is 0 Å². The summed E-state index contributed by atoms with van der Waals surface area (Å²) in [5.74, 6) is 0.737. The van der Waals surface area contributed by atoms with Gasteiger partial charge in [-0.1, -0.05) is 37.6 Å². The summed E-state index contributed by atoms with van der Waals surface area (Å²) in [7, 11) is 0. The van der Waals surface area contributed by atoms with E-state index >= 15 is 0 Å². The smallest absolute Gasteiger partial charge is 0.262 e. The fraction of sp³-hybridized carbons (Fsp3) is 0.250. The maximum atomic E-state index is 12.2. The highest BCUT2D eigenvalue weighted by Gasteiger charge is 2.13. The second-order valence-electron chi connectivity index (χ2n) is 6.25. The summed E-state index contributed by atoms with van der Waals surface area (Å²) in [5.41, 5.74) is 2.62. The van der Waals surface area contributed by atoms with Gasteiger partial charge in [0.1, 0.15) is 18.4 Å². The van der Waals surface area contributed by atoms with E-state index in [2.05, 4.69) is 29.4 Å². The third kappa shape index (κ3) is 4.86. The Morgan fingerprint density at radius 1 is 1.22 bits per heavy atom. The average molecular weight is 385 g/mol. The van der Waals surface area contributed by atoms with E-state index < -0.39 is 0 Å². The Balaban J connectivity index is 1.75. The fourth-order valence-corrected chi connectivity index (χ4v) is 2.82. The molecule has 0 aliphatic rings. The lowest BCUT2D eigenvalue weighted by atomic mass is 9.98. The Morgan fingerprint density at radius 3 is 2.70 bits per heavy atom. The van der Waals surface area contributed by atoms with Gasteiger partial charge in [0.05, 0.1) is 5.69 Å². The van der Waals surface area contributed by atoms with Gasteiger partial charge < -0.3 is 10.1 Å². The zero-order valence-electron chi connectivity index (χ0n) is 15.2. The molecular formula is C20H21ClN4O2. The maximum Gasteiger partial charge on any atom is 0.262 e. The second kappa shape index (κ2) is 8.68. The normalized spacial score (nSPS) is 11.8. The number of carbonyl (C=O) groups is 1. The molecule has 0 spiro atoms. The summed E-state index contributed by atoms with van der Waals surface area (Å²) in [6.07, 6.45) is 4.24. The van der Waals surface area contributed by atoms with Crippen LogP contribution in [0.4, 0.5) is 5.69 Å². The number of hydrogen-bond acceptors (Lipinski definition) is 4. The zero-order valence-corrected chi connectivity index (χ0v) is 16.0. The first-order chi connectivity index (χ1) is 13.1. The standard InChI is InChI=1S/C20H21ClN4O2/c1-3-14(2)15-7-8-19(18(9-15)25-12-22-23-13-25)27-11-20(26)24-17-6-4-5-16(21)10-17/h4-10,12-14H,3,11H2,1-2H3,(H,24,26). The van der Waals surface area contributed by atoms with Crippen LogP contribution >= 0.6 is 11.6 Å². The summed E-state index contributed by atoms with van der Waals surface area (Å²) in [5, 5.41) is 11.0. The van der Waals surface area contributed by atoms with Crippen LogP contribution in [0.5, 0.6) is 5.75 Å². The summed E-state index contributed by atoms with van der Waals surface area (Å²) in [6.45, 7) is 4.20. The van der Waals surface area contributed by atoms with Crippen LogP contribution in [0.3, 0.4) is 0 Å². The number of carbonyl (C=O) groups excluding carboxylic acids is 1. The minimum absolute atomic E-state index is 0.121. The molecule has 140 valence electrons. The lowest BCUT2D eigenvalue weighted by Crippen LogP contribution is -2.20. The van der Waals surface area contributed by atoms with Crippen molar-refractivity contribution in [3.63, 3.8) is 0 Å². The topological polar surface area (TPSA) is 69.0 Å². The Bertz CT molecular complexity index is 912. The highest BCUT2D eigenvalue weighted by molar-refractivity contribution is 6.30. The third-order valence-electron chi connectivity index (χ3n) is 4.33. The van der Waals surface area contributed by atoms with Gasteiger partial charge in [-0.3, -0.25) is 9.36 Å². The third-order valence-corrected chi connectivity index (χ3v) is 4.56. The van der Waals surface area contributed by atoms with Crippen LogP contribution in [0.25, 0.3) is 5.69 Å². The van der Waals surface area contributed by atoms with E-state index in [4.69, 9.17) is 16.3 Å². The number of ether oxygens (including phenoxy) is 1. The van der Waals surface area contributed by atoms with Crippen molar-refractivity contribution in [3.8, 4) is 11.4 Å². The highest BCUT2D eigenvalue weighted by Crippen LogP contribution is 2.28. The summed E-state index contributed by atoms with van der Waals surface area (Å²) in [6, 6.07) is 12.9. The molecule has 1 amide bonds. The van der Waals surface area contributed by atoms with E-state index in [1.807, 2.05) is 18.2 Å². The monoisotopic (exact) mass is 384 g/mol. The summed E-state index contributed by atoms with van der Waals surface area (Å²) >= 11 is 5.93. The van der Waals surface area contributed by atoms with E-state index in [1.165, 1.54) is 5.56 Å². The number of nitrogens with one attached hydrogen (secondary N) is 1. The van der Waals surface area contributed by atoms with Gasteiger partial charge in [-0.25, -0.2) is 0 Å². The van der Waals surface area contributed by atoms with Gasteiger partial charge in [-0.15, -0.1) is 10.2 Å². The molecule has 3 aromatic rings. The lowest BCUT2D eigenvalue weighted by molar-refractivity contribution is -0.118. The van der Waals surface area contributed by atoms with Crippen molar-refractivity contribution in [2.24, 2.45) is 0 Å². The molecule has 0 radical (unpaired) electrons. The Labute approximate surface area is 163 Å². The van der Waals surface area contributed by atoms with Crippen LogP contribution < -0.4 is 10.1 Å². The van der Waals surface area contributed by atoms with Crippen LogP contribution in [-0.2, 0) is 4.79 Å². The van der Waals surface area contributed by atoms with Crippen molar-refractivity contribution >= 4 is 23.2 Å². The van der Waals surface area contributed by atoms with Crippen molar-refractivity contribution in [1.29, 1.82) is 0 Å². The molecule has 1 unspecified atom stereocenters. The molecule has 1 N–H and O–H groups in total. The Hall–Kier alpha value is -2.86. The zero-order chi connectivity index (χ0) is 19.2. The number of halogens is 1. The number of hydrogen-bond donors (Lipinski definition) is 1. The van der Waals surface area contributed by atoms with E-state index in [1.54, 1.807) is 41.5 Å². The van der Waals surface area contributed by atoms with E-state index in [0.717, 1.165) is 12.1 Å². The molecule has 27 heavy (non-hydrogen) atoms. The van der Waals surface area contributed by atoms with Crippen molar-refractivity contribution < 1.29 is 9.53 Å². The number of aromatic nitrogens is 3. The van der Waals surface area contributed by atoms with Crippen molar-refractivity contribution in [2.75, 3.05) is 11.9 Å². The SMILES string of the molecule is CCC(C)c1ccc(OCC(=O)Nc2cccc(Cl)c2)c(-n2cnnc2)c1. The van der Waals surface area contributed by atoms with Crippen LogP contribution in [0.1, 0.15) is 31.7 Å². The molecule has 0 bridgehead atoms. The average Bonchev–Trinajstić information content (AvgIpc) is 3.20. The first-order valence-corrected chi connectivity index (χ1v) is 9.11. The Kier molecular flexibility index (Phi) is 6.08. The number of amides is 1. The van der Waals surface area contributed by atoms with Crippen LogP contribution in [0.15, 0.2) is 55.1 Å². The molecule has 0 saturated heterocycles. The van der Waals surface area contributed by atoms with Gasteiger partial charge in [0.25, 0.3) is 5.91 Å². The minimum Gasteiger partial charge on any atom is -0.482 e. The molecule has 0 saturated carbocycles. The molecule has 0 aliphatic carbocycles. The predicted octanol–water partition coefficient (Wildman–Crippen LogP) is 4.45. The van der Waals surface area contributed by atoms with E-state index in [9.17, 15) is 4.79 Å². The largest absolute Gasteiger partial charge is 0.482 e. The number of benzene rings is 2. The molecule has 1 atom stereocenters. The summed E-state index contributed by atoms with van der Waals surface area (Å²) < 4.78 is 7.55. The molecule has 0 aliphatic heterocycles. The van der Waals surface area contributed by atoms with Gasteiger partial charge in [0.15, 0.2) is 6.61 Å². The quantitative estimate of drug-likeness (QED) is 0.653. The number of rotatable bonds is 7. The molecule has 6 nitrogen and oxygen atoms in total. The lowest BCUT2D eigenvalue weighted by Gasteiger charge is -2.16. The molecule has 1 heterocycles. The predicted molar refractivity (Wildman–Crippen MR) is 106 cm³/mol. The first-order valence-electron chi connectivity index (χ1n) is 8.74. The van der Waals surface area contributed by atoms with Crippen molar-refractivity contribution in [3.05, 3.63) is 65.7 Å². The summed E-state index contributed by atoms with van der Waals surface area (Å²) in [4.78, 5) is 12.2. The Morgan fingerprint density at radius 2 is 2.00 bits per heavy atom.